The maximum absolute atomic E-state index is 14.4. The molecule has 1 aromatic rings. The lowest BCUT2D eigenvalue weighted by molar-refractivity contribution is -0.295. The predicted octanol–water partition coefficient (Wildman–Crippen LogP) is 4.86. The Hall–Kier alpha value is -1.73. The van der Waals surface area contributed by atoms with Gasteiger partial charge in [0.15, 0.2) is 0 Å². The molecule has 0 bridgehead atoms. The van der Waals surface area contributed by atoms with E-state index in [0.29, 0.717) is 17.3 Å². The van der Waals surface area contributed by atoms with Crippen molar-refractivity contribution in [3.63, 3.8) is 0 Å². The minimum absolute atomic E-state index is 0.0221. The SMILES string of the molecule is CC(C)C[C@H](N[C@@H](c1ccc(Br)cc1)C(F)(F)C(F)(F)F)C(=O)NC1(C#N)CC1. The molecule has 4 nitrogen and oxygen atoms in total. The summed E-state index contributed by atoms with van der Waals surface area (Å²) in [5.41, 5.74) is -1.37. The number of carbonyl (C=O) groups is 1. The van der Waals surface area contributed by atoms with Gasteiger partial charge in [-0.3, -0.25) is 10.1 Å². The second-order valence-electron chi connectivity index (χ2n) is 7.64. The lowest BCUT2D eigenvalue weighted by Gasteiger charge is -2.33. The van der Waals surface area contributed by atoms with Crippen molar-refractivity contribution in [1.29, 1.82) is 5.26 Å². The van der Waals surface area contributed by atoms with Crippen LogP contribution in [0.4, 0.5) is 22.0 Å². The molecule has 0 heterocycles. The molecule has 0 spiro atoms. The highest BCUT2D eigenvalue weighted by molar-refractivity contribution is 9.10. The van der Waals surface area contributed by atoms with Crippen LogP contribution in [-0.2, 0) is 4.79 Å². The van der Waals surface area contributed by atoms with Gasteiger partial charge in [0.05, 0.1) is 12.1 Å². The third kappa shape index (κ3) is 5.66. The second kappa shape index (κ2) is 8.56. The monoisotopic (exact) mass is 481 g/mol. The van der Waals surface area contributed by atoms with Crippen molar-refractivity contribution in [3.05, 3.63) is 34.3 Å². The zero-order valence-corrected chi connectivity index (χ0v) is 17.4. The van der Waals surface area contributed by atoms with Gasteiger partial charge in [-0.2, -0.15) is 27.2 Å². The Balaban J connectivity index is 2.37. The first kappa shape index (κ1) is 23.5. The number of alkyl halides is 5. The summed E-state index contributed by atoms with van der Waals surface area (Å²) in [6.07, 6.45) is -4.97. The van der Waals surface area contributed by atoms with E-state index in [-0.39, 0.29) is 17.9 Å². The van der Waals surface area contributed by atoms with Gasteiger partial charge in [0.25, 0.3) is 0 Å². The van der Waals surface area contributed by atoms with E-state index in [1.54, 1.807) is 13.8 Å². The molecular formula is C19H21BrF5N3O. The molecular weight excluding hydrogens is 461 g/mol. The van der Waals surface area contributed by atoms with E-state index in [1.165, 1.54) is 12.1 Å². The van der Waals surface area contributed by atoms with E-state index in [1.807, 2.05) is 6.07 Å². The van der Waals surface area contributed by atoms with Gasteiger partial charge in [0.1, 0.15) is 11.6 Å². The number of hydrogen-bond acceptors (Lipinski definition) is 3. The number of nitrogens with one attached hydrogen (secondary N) is 2. The third-order valence-electron chi connectivity index (χ3n) is 4.66. The fraction of sp³-hybridized carbons (Fsp3) is 0.579. The fourth-order valence-electron chi connectivity index (χ4n) is 2.87. The van der Waals surface area contributed by atoms with E-state index in [2.05, 4.69) is 26.6 Å². The first-order chi connectivity index (χ1) is 13.3. The van der Waals surface area contributed by atoms with Gasteiger partial charge < -0.3 is 5.32 Å². The molecule has 160 valence electrons. The zero-order chi connectivity index (χ0) is 22.0. The van der Waals surface area contributed by atoms with Crippen molar-refractivity contribution in [1.82, 2.24) is 10.6 Å². The molecule has 0 unspecified atom stereocenters. The van der Waals surface area contributed by atoms with E-state index in [4.69, 9.17) is 5.26 Å². The summed E-state index contributed by atoms with van der Waals surface area (Å²) in [5, 5.41) is 13.9. The van der Waals surface area contributed by atoms with Crippen LogP contribution in [0.15, 0.2) is 28.7 Å². The molecule has 29 heavy (non-hydrogen) atoms. The van der Waals surface area contributed by atoms with Gasteiger partial charge in [0, 0.05) is 4.47 Å². The Bertz CT molecular complexity index is 770. The van der Waals surface area contributed by atoms with Gasteiger partial charge in [-0.25, -0.2) is 0 Å². The van der Waals surface area contributed by atoms with Gasteiger partial charge in [-0.15, -0.1) is 0 Å². The highest BCUT2D eigenvalue weighted by Crippen LogP contribution is 2.45. The molecule has 0 aliphatic heterocycles. The number of nitriles is 1. The van der Waals surface area contributed by atoms with Gasteiger partial charge in [-0.1, -0.05) is 41.9 Å². The summed E-state index contributed by atoms with van der Waals surface area (Å²) in [4.78, 5) is 12.6. The van der Waals surface area contributed by atoms with Crippen LogP contribution < -0.4 is 10.6 Å². The number of nitrogens with zero attached hydrogens (tertiary/aromatic N) is 1. The second-order valence-corrected chi connectivity index (χ2v) is 8.55. The molecule has 1 fully saturated rings. The van der Waals surface area contributed by atoms with Crippen LogP contribution in [0.5, 0.6) is 0 Å². The number of rotatable bonds is 8. The summed E-state index contributed by atoms with van der Waals surface area (Å²) in [5.74, 6) is -6.05. The predicted molar refractivity (Wildman–Crippen MR) is 100.0 cm³/mol. The van der Waals surface area contributed by atoms with Crippen molar-refractivity contribution in [3.8, 4) is 6.07 Å². The van der Waals surface area contributed by atoms with Crippen molar-refractivity contribution in [2.75, 3.05) is 0 Å². The molecule has 10 heteroatoms. The lowest BCUT2D eigenvalue weighted by Crippen LogP contribution is -2.55. The number of carbonyl (C=O) groups excluding carboxylic acids is 1. The maximum Gasteiger partial charge on any atom is 0.455 e. The highest BCUT2D eigenvalue weighted by Gasteiger charge is 2.63. The van der Waals surface area contributed by atoms with E-state index in [9.17, 15) is 26.7 Å². The largest absolute Gasteiger partial charge is 0.455 e. The molecule has 0 aromatic heterocycles. The quantitative estimate of drug-likeness (QED) is 0.520. The average Bonchev–Trinajstić information content (AvgIpc) is 3.38. The molecule has 1 aliphatic rings. The summed E-state index contributed by atoms with van der Waals surface area (Å²) < 4.78 is 68.7. The molecule has 0 saturated heterocycles. The standard InChI is InChI=1S/C19H21BrF5N3O/c1-11(2)9-14(16(29)28-17(10-26)7-8-17)27-15(18(21,22)19(23,24)25)12-3-5-13(20)6-4-12/h3-6,11,14-15,27H,7-9H2,1-2H3,(H,28,29)/t14-,15-/m0/s1. The van der Waals surface area contributed by atoms with Crippen LogP contribution in [0, 0.1) is 17.2 Å². The van der Waals surface area contributed by atoms with Crippen LogP contribution in [0.2, 0.25) is 0 Å². The van der Waals surface area contributed by atoms with Crippen LogP contribution in [0.1, 0.15) is 44.7 Å². The zero-order valence-electron chi connectivity index (χ0n) is 15.8. The van der Waals surface area contributed by atoms with Crippen molar-refractivity contribution in [2.24, 2.45) is 5.92 Å². The highest BCUT2D eigenvalue weighted by atomic mass is 79.9. The van der Waals surface area contributed by atoms with Crippen LogP contribution >= 0.6 is 15.9 Å². The first-order valence-corrected chi connectivity index (χ1v) is 9.80. The fourth-order valence-corrected chi connectivity index (χ4v) is 3.13. The third-order valence-corrected chi connectivity index (χ3v) is 5.19. The molecule has 1 aliphatic carbocycles. The normalized spacial score (nSPS) is 18.1. The smallest absolute Gasteiger partial charge is 0.336 e. The topological polar surface area (TPSA) is 64.9 Å². The van der Waals surface area contributed by atoms with Crippen LogP contribution in [0.3, 0.4) is 0 Å². The molecule has 0 radical (unpaired) electrons. The van der Waals surface area contributed by atoms with Crippen molar-refractivity contribution < 1.29 is 26.7 Å². The van der Waals surface area contributed by atoms with Crippen LogP contribution in [-0.4, -0.2) is 29.6 Å². The summed E-state index contributed by atoms with van der Waals surface area (Å²) >= 11 is 3.11. The Morgan fingerprint density at radius 3 is 2.17 bits per heavy atom. The first-order valence-electron chi connectivity index (χ1n) is 9.00. The Morgan fingerprint density at radius 2 is 1.76 bits per heavy atom. The molecule has 2 N–H and O–H groups in total. The number of hydrogen-bond donors (Lipinski definition) is 2. The number of halogens is 6. The van der Waals surface area contributed by atoms with Crippen LogP contribution in [0.25, 0.3) is 0 Å². The molecule has 1 saturated carbocycles. The molecule has 2 atom stereocenters. The minimum atomic E-state index is -5.82. The number of amides is 1. The van der Waals surface area contributed by atoms with Gasteiger partial charge in [0.2, 0.25) is 5.91 Å². The van der Waals surface area contributed by atoms with Gasteiger partial charge in [-0.05, 0) is 42.9 Å². The Labute approximate surface area is 174 Å². The summed E-state index contributed by atoms with van der Waals surface area (Å²) in [7, 11) is 0. The molecule has 1 amide bonds. The molecule has 2 rings (SSSR count). The number of benzene rings is 1. The van der Waals surface area contributed by atoms with E-state index >= 15 is 0 Å². The Morgan fingerprint density at radius 1 is 1.21 bits per heavy atom. The van der Waals surface area contributed by atoms with Gasteiger partial charge >= 0.3 is 12.1 Å². The Kier molecular flexibility index (Phi) is 6.95. The summed E-state index contributed by atoms with van der Waals surface area (Å²) in [6.45, 7) is 3.44. The average molecular weight is 482 g/mol. The minimum Gasteiger partial charge on any atom is -0.336 e. The maximum atomic E-state index is 14.4. The van der Waals surface area contributed by atoms with Crippen molar-refractivity contribution >= 4 is 21.8 Å². The van der Waals surface area contributed by atoms with E-state index < -0.39 is 35.6 Å². The van der Waals surface area contributed by atoms with Crippen molar-refractivity contribution in [2.45, 2.75) is 62.8 Å². The lowest BCUT2D eigenvalue weighted by atomic mass is 9.96. The molecule has 1 aromatic carbocycles. The summed E-state index contributed by atoms with van der Waals surface area (Å²) in [6, 6.07) is 3.13. The van der Waals surface area contributed by atoms with E-state index in [0.717, 1.165) is 12.1 Å².